The van der Waals surface area contributed by atoms with Gasteiger partial charge in [0.25, 0.3) is 0 Å². The van der Waals surface area contributed by atoms with E-state index in [1.54, 1.807) is 4.90 Å². The lowest BCUT2D eigenvalue weighted by Gasteiger charge is -2.22. The van der Waals surface area contributed by atoms with E-state index in [0.717, 1.165) is 12.1 Å². The van der Waals surface area contributed by atoms with Crippen molar-refractivity contribution in [3.63, 3.8) is 0 Å². The number of aliphatic hydroxyl groups is 2. The van der Waals surface area contributed by atoms with Crippen LogP contribution < -0.4 is 5.32 Å². The molecule has 0 radical (unpaired) electrons. The molecule has 0 bridgehead atoms. The average Bonchev–Trinajstić information content (AvgIpc) is 3.26. The number of β-amino-alcohol motifs (C(OH)–C–C–N with tert-alkyl or cyclic N) is 1. The van der Waals surface area contributed by atoms with Crippen LogP contribution in [-0.2, 0) is 11.3 Å². The number of likely N-dealkylation sites (tertiary alicyclic amines) is 1. The molecule has 2 fully saturated rings. The summed E-state index contributed by atoms with van der Waals surface area (Å²) in [6.45, 7) is 2.32. The molecule has 3 atom stereocenters. The van der Waals surface area contributed by atoms with Crippen LogP contribution in [-0.4, -0.2) is 53.3 Å². The van der Waals surface area contributed by atoms with E-state index in [1.807, 2.05) is 30.3 Å². The summed E-state index contributed by atoms with van der Waals surface area (Å²) >= 11 is 0. The molecule has 1 aromatic rings. The maximum Gasteiger partial charge on any atom is 0.216 e. The molecule has 5 nitrogen and oxygen atoms in total. The maximum atomic E-state index is 10.1. The first kappa shape index (κ1) is 14.9. The first-order chi connectivity index (χ1) is 10.2. The summed E-state index contributed by atoms with van der Waals surface area (Å²) in [6, 6.07) is 10.4. The van der Waals surface area contributed by atoms with Crippen molar-refractivity contribution in [3.05, 3.63) is 35.9 Å². The molecule has 0 aromatic heterocycles. The number of benzene rings is 1. The normalized spacial score (nSPS) is 27.9. The highest BCUT2D eigenvalue weighted by atomic mass is 16.6. The zero-order valence-corrected chi connectivity index (χ0v) is 12.2. The second kappa shape index (κ2) is 6.85. The van der Waals surface area contributed by atoms with Crippen molar-refractivity contribution in [2.75, 3.05) is 19.6 Å². The highest BCUT2D eigenvalue weighted by Gasteiger charge is 2.35. The SMILES string of the molecule is OC(OCc1ccccc1)N1C[C@H](CNC2CC2)[C@@H](O)C1. The quantitative estimate of drug-likeness (QED) is 0.640. The molecule has 1 saturated heterocycles. The molecule has 3 rings (SSSR count). The Balaban J connectivity index is 1.43. The van der Waals surface area contributed by atoms with Crippen LogP contribution in [0.5, 0.6) is 0 Å². The van der Waals surface area contributed by atoms with Crippen LogP contribution >= 0.6 is 0 Å². The van der Waals surface area contributed by atoms with Crippen molar-refractivity contribution < 1.29 is 14.9 Å². The van der Waals surface area contributed by atoms with Crippen LogP contribution in [0.1, 0.15) is 18.4 Å². The first-order valence-corrected chi connectivity index (χ1v) is 7.71. The van der Waals surface area contributed by atoms with Gasteiger partial charge in [-0.25, -0.2) is 0 Å². The molecule has 1 aromatic carbocycles. The van der Waals surface area contributed by atoms with Gasteiger partial charge in [0, 0.05) is 31.6 Å². The number of ether oxygens (including phenoxy) is 1. The summed E-state index contributed by atoms with van der Waals surface area (Å²) in [7, 11) is 0. The van der Waals surface area contributed by atoms with Gasteiger partial charge in [-0.2, -0.15) is 0 Å². The molecular weight excluding hydrogens is 268 g/mol. The molecule has 5 heteroatoms. The van der Waals surface area contributed by atoms with Gasteiger partial charge in [0.2, 0.25) is 6.41 Å². The van der Waals surface area contributed by atoms with Crippen molar-refractivity contribution in [2.24, 2.45) is 5.92 Å². The molecule has 1 aliphatic heterocycles. The smallest absolute Gasteiger partial charge is 0.216 e. The maximum absolute atomic E-state index is 10.1. The van der Waals surface area contributed by atoms with Crippen molar-refractivity contribution in [3.8, 4) is 0 Å². The van der Waals surface area contributed by atoms with Gasteiger partial charge in [0.15, 0.2) is 0 Å². The number of nitrogens with zero attached hydrogens (tertiary/aromatic N) is 1. The third-order valence-electron chi connectivity index (χ3n) is 4.24. The molecule has 0 amide bonds. The fourth-order valence-corrected chi connectivity index (χ4v) is 2.72. The van der Waals surface area contributed by atoms with Gasteiger partial charge in [0.1, 0.15) is 0 Å². The van der Waals surface area contributed by atoms with E-state index in [-0.39, 0.29) is 5.92 Å². The van der Waals surface area contributed by atoms with Crippen LogP contribution in [0.15, 0.2) is 30.3 Å². The lowest BCUT2D eigenvalue weighted by atomic mass is 10.1. The van der Waals surface area contributed by atoms with E-state index in [4.69, 9.17) is 4.74 Å². The van der Waals surface area contributed by atoms with Crippen molar-refractivity contribution in [2.45, 2.75) is 38.0 Å². The van der Waals surface area contributed by atoms with Crippen LogP contribution in [0.3, 0.4) is 0 Å². The topological polar surface area (TPSA) is 65.0 Å². The number of rotatable bonds is 7. The van der Waals surface area contributed by atoms with E-state index in [1.165, 1.54) is 12.8 Å². The molecule has 2 aliphatic rings. The van der Waals surface area contributed by atoms with Gasteiger partial charge in [-0.1, -0.05) is 30.3 Å². The minimum Gasteiger partial charge on any atom is -0.391 e. The van der Waals surface area contributed by atoms with Crippen LogP contribution in [0.2, 0.25) is 0 Å². The highest BCUT2D eigenvalue weighted by Crippen LogP contribution is 2.22. The van der Waals surface area contributed by atoms with Gasteiger partial charge < -0.3 is 20.3 Å². The fraction of sp³-hybridized carbons (Fsp3) is 0.625. The molecule has 116 valence electrons. The van der Waals surface area contributed by atoms with E-state index in [0.29, 0.717) is 25.7 Å². The molecule has 1 aliphatic carbocycles. The molecule has 1 unspecified atom stereocenters. The number of nitrogens with one attached hydrogen (secondary N) is 1. The van der Waals surface area contributed by atoms with Crippen molar-refractivity contribution >= 4 is 0 Å². The van der Waals surface area contributed by atoms with Gasteiger partial charge in [0.05, 0.1) is 12.7 Å². The van der Waals surface area contributed by atoms with E-state index in [2.05, 4.69) is 5.32 Å². The zero-order valence-electron chi connectivity index (χ0n) is 12.2. The lowest BCUT2D eigenvalue weighted by Crippen LogP contribution is -2.36. The van der Waals surface area contributed by atoms with Crippen LogP contribution in [0.4, 0.5) is 0 Å². The summed E-state index contributed by atoms with van der Waals surface area (Å²) in [5, 5.41) is 23.6. The molecular formula is C16H24N2O3. The number of hydrogen-bond donors (Lipinski definition) is 3. The monoisotopic (exact) mass is 292 g/mol. The Bertz CT molecular complexity index is 438. The minimum atomic E-state index is -0.953. The molecule has 21 heavy (non-hydrogen) atoms. The van der Waals surface area contributed by atoms with Gasteiger partial charge >= 0.3 is 0 Å². The summed E-state index contributed by atoms with van der Waals surface area (Å²) in [5.41, 5.74) is 1.03. The highest BCUT2D eigenvalue weighted by molar-refractivity contribution is 5.13. The number of hydrogen-bond acceptors (Lipinski definition) is 5. The lowest BCUT2D eigenvalue weighted by molar-refractivity contribution is -0.195. The Morgan fingerprint density at radius 1 is 1.24 bits per heavy atom. The van der Waals surface area contributed by atoms with E-state index < -0.39 is 12.5 Å². The van der Waals surface area contributed by atoms with Gasteiger partial charge in [-0.15, -0.1) is 0 Å². The first-order valence-electron chi connectivity index (χ1n) is 7.71. The third kappa shape index (κ3) is 4.25. The van der Waals surface area contributed by atoms with Crippen molar-refractivity contribution in [1.29, 1.82) is 0 Å². The summed E-state index contributed by atoms with van der Waals surface area (Å²) in [5.74, 6) is 0.167. The largest absolute Gasteiger partial charge is 0.391 e. The zero-order chi connectivity index (χ0) is 14.7. The Kier molecular flexibility index (Phi) is 4.87. The van der Waals surface area contributed by atoms with Gasteiger partial charge in [-0.3, -0.25) is 4.90 Å². The Labute approximate surface area is 125 Å². The molecule has 0 spiro atoms. The fourth-order valence-electron chi connectivity index (χ4n) is 2.72. The van der Waals surface area contributed by atoms with Crippen molar-refractivity contribution in [1.82, 2.24) is 10.2 Å². The Morgan fingerprint density at radius 3 is 2.71 bits per heavy atom. The summed E-state index contributed by atoms with van der Waals surface area (Å²) in [4.78, 5) is 1.80. The average molecular weight is 292 g/mol. The van der Waals surface area contributed by atoms with Gasteiger partial charge in [-0.05, 0) is 18.4 Å². The molecule has 1 saturated carbocycles. The second-order valence-electron chi connectivity index (χ2n) is 6.09. The summed E-state index contributed by atoms with van der Waals surface area (Å²) in [6.07, 6.45) is 1.14. The Morgan fingerprint density at radius 2 is 2.00 bits per heavy atom. The predicted molar refractivity (Wildman–Crippen MR) is 79.3 cm³/mol. The third-order valence-corrected chi connectivity index (χ3v) is 4.24. The predicted octanol–water partition coefficient (Wildman–Crippen LogP) is 0.524. The number of aliphatic hydroxyl groups excluding tert-OH is 2. The second-order valence-corrected chi connectivity index (χ2v) is 6.09. The standard InChI is InChI=1S/C16H24N2O3/c19-15-10-18(9-13(15)8-17-14-6-7-14)16(20)21-11-12-4-2-1-3-5-12/h1-5,13-17,19-20H,6-11H2/t13-,15-,16?/m0/s1. The molecule has 3 N–H and O–H groups in total. The Hall–Kier alpha value is -0.980. The minimum absolute atomic E-state index is 0.167. The van der Waals surface area contributed by atoms with Crippen LogP contribution in [0, 0.1) is 5.92 Å². The summed E-state index contributed by atoms with van der Waals surface area (Å²) < 4.78 is 5.50. The van der Waals surface area contributed by atoms with E-state index >= 15 is 0 Å². The molecule has 1 heterocycles. The van der Waals surface area contributed by atoms with Crippen LogP contribution in [0.25, 0.3) is 0 Å². The van der Waals surface area contributed by atoms with E-state index in [9.17, 15) is 10.2 Å².